The predicted molar refractivity (Wildman–Crippen MR) is 93.0 cm³/mol. The van der Waals surface area contributed by atoms with E-state index in [-0.39, 0.29) is 23.1 Å². The summed E-state index contributed by atoms with van der Waals surface area (Å²) in [7, 11) is 0. The molecule has 2 N–H and O–H groups in total. The maximum absolute atomic E-state index is 12.5. The Morgan fingerprint density at radius 2 is 1.83 bits per heavy atom. The van der Waals surface area contributed by atoms with Crippen LogP contribution in [0.15, 0.2) is 35.1 Å². The Balaban J connectivity index is 2.14. The SMILES string of the molecule is CCC(Cc1ccc(C)cc1)NC(=O)c1c(C)cc(C)[nH]c1=O. The number of aryl methyl sites for hydroxylation is 3. The standard InChI is InChI=1S/C19H24N2O2/c1-5-16(11-15-8-6-12(2)7-9-15)21-19(23)17-13(3)10-14(4)20-18(17)22/h6-10,16H,5,11H2,1-4H3,(H,20,22)(H,21,23). The molecule has 1 aromatic carbocycles. The van der Waals surface area contributed by atoms with Gasteiger partial charge >= 0.3 is 0 Å². The van der Waals surface area contributed by atoms with Gasteiger partial charge in [-0.05, 0) is 50.8 Å². The summed E-state index contributed by atoms with van der Waals surface area (Å²) in [5, 5.41) is 2.99. The van der Waals surface area contributed by atoms with Crippen LogP contribution in [0.1, 0.15) is 46.1 Å². The van der Waals surface area contributed by atoms with Crippen LogP contribution in [-0.2, 0) is 6.42 Å². The van der Waals surface area contributed by atoms with E-state index in [0.29, 0.717) is 5.56 Å². The number of carbonyl (C=O) groups excluding carboxylic acids is 1. The topological polar surface area (TPSA) is 62.0 Å². The zero-order valence-corrected chi connectivity index (χ0v) is 14.2. The molecule has 1 atom stereocenters. The van der Waals surface area contributed by atoms with Crippen molar-refractivity contribution >= 4 is 5.91 Å². The monoisotopic (exact) mass is 312 g/mol. The van der Waals surface area contributed by atoms with Crippen LogP contribution in [0.5, 0.6) is 0 Å². The van der Waals surface area contributed by atoms with E-state index in [2.05, 4.69) is 41.5 Å². The van der Waals surface area contributed by atoms with E-state index >= 15 is 0 Å². The predicted octanol–water partition coefficient (Wildman–Crippen LogP) is 3.05. The van der Waals surface area contributed by atoms with Gasteiger partial charge in [0.15, 0.2) is 0 Å². The second kappa shape index (κ2) is 7.27. The number of rotatable bonds is 5. The highest BCUT2D eigenvalue weighted by atomic mass is 16.2. The zero-order valence-electron chi connectivity index (χ0n) is 14.2. The number of hydrogen-bond acceptors (Lipinski definition) is 2. The Bertz CT molecular complexity index is 745. The number of carbonyl (C=O) groups is 1. The third-order valence-electron chi connectivity index (χ3n) is 4.02. The molecule has 4 nitrogen and oxygen atoms in total. The molecule has 0 aliphatic heterocycles. The number of H-pyrrole nitrogens is 1. The van der Waals surface area contributed by atoms with Crippen molar-refractivity contribution in [3.05, 3.63) is 68.6 Å². The third-order valence-corrected chi connectivity index (χ3v) is 4.02. The van der Waals surface area contributed by atoms with Crippen molar-refractivity contribution in [1.29, 1.82) is 0 Å². The lowest BCUT2D eigenvalue weighted by Gasteiger charge is -2.18. The van der Waals surface area contributed by atoms with Crippen LogP contribution >= 0.6 is 0 Å². The molecular weight excluding hydrogens is 288 g/mol. The Morgan fingerprint density at radius 1 is 1.17 bits per heavy atom. The molecule has 23 heavy (non-hydrogen) atoms. The van der Waals surface area contributed by atoms with Gasteiger partial charge in [0, 0.05) is 11.7 Å². The number of nitrogens with one attached hydrogen (secondary N) is 2. The molecule has 0 saturated carbocycles. The molecule has 1 aromatic heterocycles. The Labute approximate surface area is 137 Å². The molecule has 0 fully saturated rings. The van der Waals surface area contributed by atoms with Crippen LogP contribution in [0, 0.1) is 20.8 Å². The van der Waals surface area contributed by atoms with Crippen LogP contribution < -0.4 is 10.9 Å². The molecule has 0 saturated heterocycles. The second-order valence-corrected chi connectivity index (χ2v) is 6.11. The number of pyridine rings is 1. The average molecular weight is 312 g/mol. The summed E-state index contributed by atoms with van der Waals surface area (Å²) >= 11 is 0. The fourth-order valence-corrected chi connectivity index (χ4v) is 2.70. The van der Waals surface area contributed by atoms with Crippen molar-refractivity contribution in [1.82, 2.24) is 10.3 Å². The highest BCUT2D eigenvalue weighted by Gasteiger charge is 2.18. The third kappa shape index (κ3) is 4.31. The van der Waals surface area contributed by atoms with Gasteiger partial charge in [0.25, 0.3) is 11.5 Å². The summed E-state index contributed by atoms with van der Waals surface area (Å²) in [6.45, 7) is 7.68. The smallest absolute Gasteiger partial charge is 0.261 e. The summed E-state index contributed by atoms with van der Waals surface area (Å²) in [5.41, 5.74) is 3.73. The van der Waals surface area contributed by atoms with E-state index in [4.69, 9.17) is 0 Å². The summed E-state index contributed by atoms with van der Waals surface area (Å²) in [5.74, 6) is -0.303. The van der Waals surface area contributed by atoms with E-state index in [1.165, 1.54) is 11.1 Å². The van der Waals surface area contributed by atoms with Crippen LogP contribution in [0.25, 0.3) is 0 Å². The number of benzene rings is 1. The minimum atomic E-state index is -0.329. The van der Waals surface area contributed by atoms with Gasteiger partial charge in [0.1, 0.15) is 5.56 Å². The fraction of sp³-hybridized carbons (Fsp3) is 0.368. The molecule has 1 unspecified atom stereocenters. The molecule has 1 heterocycles. The van der Waals surface area contributed by atoms with Crippen molar-refractivity contribution in [2.75, 3.05) is 0 Å². The van der Waals surface area contributed by atoms with E-state index in [1.54, 1.807) is 6.92 Å². The number of aromatic nitrogens is 1. The first-order valence-corrected chi connectivity index (χ1v) is 7.97. The van der Waals surface area contributed by atoms with Gasteiger partial charge in [-0.1, -0.05) is 36.8 Å². The fourth-order valence-electron chi connectivity index (χ4n) is 2.70. The van der Waals surface area contributed by atoms with Crippen molar-refractivity contribution < 1.29 is 4.79 Å². The second-order valence-electron chi connectivity index (χ2n) is 6.11. The lowest BCUT2D eigenvalue weighted by Crippen LogP contribution is -2.39. The average Bonchev–Trinajstić information content (AvgIpc) is 2.47. The minimum absolute atomic E-state index is 0.00492. The summed E-state index contributed by atoms with van der Waals surface area (Å²) in [6, 6.07) is 10.1. The first-order chi connectivity index (χ1) is 10.9. The van der Waals surface area contributed by atoms with Crippen molar-refractivity contribution in [2.45, 2.75) is 46.6 Å². The minimum Gasteiger partial charge on any atom is -0.349 e. The van der Waals surface area contributed by atoms with Gasteiger partial charge in [0.05, 0.1) is 0 Å². The molecule has 2 aromatic rings. The molecule has 0 aliphatic carbocycles. The number of amides is 1. The zero-order chi connectivity index (χ0) is 17.0. The summed E-state index contributed by atoms with van der Waals surface area (Å²) in [4.78, 5) is 27.2. The molecule has 122 valence electrons. The van der Waals surface area contributed by atoms with E-state index < -0.39 is 0 Å². The largest absolute Gasteiger partial charge is 0.349 e. The van der Waals surface area contributed by atoms with Gasteiger partial charge < -0.3 is 10.3 Å². The quantitative estimate of drug-likeness (QED) is 0.891. The molecule has 0 aliphatic rings. The van der Waals surface area contributed by atoms with Gasteiger partial charge in [-0.2, -0.15) is 0 Å². The van der Waals surface area contributed by atoms with Gasteiger partial charge in [-0.25, -0.2) is 0 Å². The molecule has 2 rings (SSSR count). The van der Waals surface area contributed by atoms with Crippen LogP contribution in [0.4, 0.5) is 0 Å². The maximum atomic E-state index is 12.5. The lowest BCUT2D eigenvalue weighted by atomic mass is 10.0. The van der Waals surface area contributed by atoms with E-state index in [0.717, 1.165) is 18.5 Å². The number of aromatic amines is 1. The molecule has 4 heteroatoms. The highest BCUT2D eigenvalue weighted by Crippen LogP contribution is 2.10. The Kier molecular flexibility index (Phi) is 5.37. The number of hydrogen-bond donors (Lipinski definition) is 2. The normalized spacial score (nSPS) is 12.0. The van der Waals surface area contributed by atoms with Crippen LogP contribution in [-0.4, -0.2) is 16.9 Å². The van der Waals surface area contributed by atoms with Crippen LogP contribution in [0.3, 0.4) is 0 Å². The summed E-state index contributed by atoms with van der Waals surface area (Å²) < 4.78 is 0. The van der Waals surface area contributed by atoms with Gasteiger partial charge in [-0.3, -0.25) is 9.59 Å². The highest BCUT2D eigenvalue weighted by molar-refractivity contribution is 5.95. The van der Waals surface area contributed by atoms with Crippen molar-refractivity contribution in [3.8, 4) is 0 Å². The maximum Gasteiger partial charge on any atom is 0.261 e. The molecule has 0 bridgehead atoms. The first kappa shape index (κ1) is 17.0. The Hall–Kier alpha value is -2.36. The van der Waals surface area contributed by atoms with Crippen LogP contribution in [0.2, 0.25) is 0 Å². The van der Waals surface area contributed by atoms with E-state index in [9.17, 15) is 9.59 Å². The molecule has 0 radical (unpaired) electrons. The molecule has 0 spiro atoms. The lowest BCUT2D eigenvalue weighted by molar-refractivity contribution is 0.0933. The summed E-state index contributed by atoms with van der Waals surface area (Å²) in [6.07, 6.45) is 1.56. The molecule has 1 amide bonds. The first-order valence-electron chi connectivity index (χ1n) is 7.97. The van der Waals surface area contributed by atoms with Gasteiger partial charge in [0.2, 0.25) is 0 Å². The van der Waals surface area contributed by atoms with Crippen molar-refractivity contribution in [2.24, 2.45) is 0 Å². The van der Waals surface area contributed by atoms with E-state index in [1.807, 2.05) is 19.9 Å². The molecular formula is C19H24N2O2. The Morgan fingerprint density at radius 3 is 2.39 bits per heavy atom. The van der Waals surface area contributed by atoms with Crippen molar-refractivity contribution in [3.63, 3.8) is 0 Å². The van der Waals surface area contributed by atoms with Gasteiger partial charge in [-0.15, -0.1) is 0 Å².